The Balaban J connectivity index is 1.25. The van der Waals surface area contributed by atoms with Gasteiger partial charge in [0.1, 0.15) is 5.82 Å². The third-order valence-electron chi connectivity index (χ3n) is 4.57. The van der Waals surface area contributed by atoms with Crippen LogP contribution < -0.4 is 15.6 Å². The van der Waals surface area contributed by atoms with Gasteiger partial charge in [-0.1, -0.05) is 30.0 Å². The number of hydrazone groups is 1. The van der Waals surface area contributed by atoms with Crippen LogP contribution in [0.3, 0.4) is 0 Å². The zero-order valence-electron chi connectivity index (χ0n) is 16.9. The van der Waals surface area contributed by atoms with E-state index in [2.05, 4.69) is 31.0 Å². The minimum absolute atomic E-state index is 0.0973. The maximum absolute atomic E-state index is 12.9. The third-order valence-corrected chi connectivity index (χ3v) is 5.41. The van der Waals surface area contributed by atoms with Gasteiger partial charge in [0.25, 0.3) is 0 Å². The summed E-state index contributed by atoms with van der Waals surface area (Å²) < 4.78 is 12.9. The summed E-state index contributed by atoms with van der Waals surface area (Å²) in [7, 11) is 0. The van der Waals surface area contributed by atoms with Crippen molar-refractivity contribution in [3.8, 4) is 0 Å². The lowest BCUT2D eigenvalue weighted by molar-refractivity contribution is -0.117. The van der Waals surface area contributed by atoms with Gasteiger partial charge in [-0.2, -0.15) is 10.1 Å². The molecule has 2 heterocycles. The highest BCUT2D eigenvalue weighted by molar-refractivity contribution is 7.99. The van der Waals surface area contributed by atoms with Crippen LogP contribution in [-0.4, -0.2) is 45.5 Å². The van der Waals surface area contributed by atoms with Crippen LogP contribution in [-0.2, 0) is 9.59 Å². The third kappa shape index (κ3) is 5.70. The van der Waals surface area contributed by atoms with Gasteiger partial charge in [0, 0.05) is 24.3 Å². The molecule has 3 aromatic rings. The second kappa shape index (κ2) is 10.1. The standard InChI is InChI=1S/C21H20FN7O2S/c22-15-8-6-14(7-9-15)12-23-26-20-25-21(28-27-20)32-13-18(30)24-16-3-1-4-17(11-16)29-10-2-5-19(29)31/h1,3-4,6-9,11-12H,2,5,10,13H2,(H,24,30)(H2,25,26,27,28)/b23-12-. The number of nitrogens with one attached hydrogen (secondary N) is 3. The Morgan fingerprint density at radius 1 is 1.28 bits per heavy atom. The van der Waals surface area contributed by atoms with Crippen LogP contribution in [0.15, 0.2) is 58.8 Å². The van der Waals surface area contributed by atoms with Gasteiger partial charge in [-0.05, 0) is 42.3 Å². The van der Waals surface area contributed by atoms with Crippen molar-refractivity contribution in [3.63, 3.8) is 0 Å². The molecule has 32 heavy (non-hydrogen) atoms. The monoisotopic (exact) mass is 453 g/mol. The molecule has 0 aliphatic carbocycles. The van der Waals surface area contributed by atoms with Crippen molar-refractivity contribution in [3.05, 3.63) is 59.9 Å². The number of thioether (sulfide) groups is 1. The molecule has 1 aromatic heterocycles. The van der Waals surface area contributed by atoms with Crippen molar-refractivity contribution in [2.75, 3.05) is 27.9 Å². The van der Waals surface area contributed by atoms with Crippen LogP contribution in [0.2, 0.25) is 0 Å². The topological polar surface area (TPSA) is 115 Å². The molecular weight excluding hydrogens is 433 g/mol. The number of hydrogen-bond acceptors (Lipinski definition) is 7. The first-order valence-electron chi connectivity index (χ1n) is 9.87. The fourth-order valence-corrected chi connectivity index (χ4v) is 3.68. The van der Waals surface area contributed by atoms with E-state index in [0.29, 0.717) is 29.8 Å². The van der Waals surface area contributed by atoms with Crippen LogP contribution in [0.4, 0.5) is 21.7 Å². The number of H-pyrrole nitrogens is 1. The Bertz CT molecular complexity index is 1130. The van der Waals surface area contributed by atoms with E-state index in [9.17, 15) is 14.0 Å². The van der Waals surface area contributed by atoms with E-state index in [-0.39, 0.29) is 23.4 Å². The molecular formula is C21H20FN7O2S. The quantitative estimate of drug-likeness (QED) is 0.274. The molecule has 164 valence electrons. The van der Waals surface area contributed by atoms with Gasteiger partial charge in [-0.3, -0.25) is 9.59 Å². The molecule has 0 unspecified atom stereocenters. The van der Waals surface area contributed by atoms with Gasteiger partial charge in [0.05, 0.1) is 12.0 Å². The van der Waals surface area contributed by atoms with E-state index >= 15 is 0 Å². The van der Waals surface area contributed by atoms with Gasteiger partial charge in [-0.15, -0.1) is 5.10 Å². The minimum Gasteiger partial charge on any atom is -0.325 e. The number of carbonyl (C=O) groups excluding carboxylic acids is 2. The zero-order valence-corrected chi connectivity index (χ0v) is 17.7. The molecule has 2 aromatic carbocycles. The van der Waals surface area contributed by atoms with Crippen molar-refractivity contribution in [1.82, 2.24) is 15.2 Å². The molecule has 0 bridgehead atoms. The van der Waals surface area contributed by atoms with E-state index in [1.54, 1.807) is 29.2 Å². The van der Waals surface area contributed by atoms with E-state index in [1.807, 2.05) is 12.1 Å². The molecule has 4 rings (SSSR count). The smallest absolute Gasteiger partial charge is 0.240 e. The SMILES string of the molecule is O=C(CSc1n[nH]c(N/N=C\c2ccc(F)cc2)n1)Nc1cccc(N2CCCC2=O)c1. The highest BCUT2D eigenvalue weighted by Crippen LogP contribution is 2.24. The number of aromatic amines is 1. The molecule has 2 amide bonds. The number of hydrogen-bond donors (Lipinski definition) is 3. The average Bonchev–Trinajstić information content (AvgIpc) is 3.43. The van der Waals surface area contributed by atoms with Crippen molar-refractivity contribution < 1.29 is 14.0 Å². The van der Waals surface area contributed by atoms with Crippen LogP contribution in [0.5, 0.6) is 0 Å². The predicted octanol–water partition coefficient (Wildman–Crippen LogP) is 3.25. The Kier molecular flexibility index (Phi) is 6.75. The summed E-state index contributed by atoms with van der Waals surface area (Å²) in [5.41, 5.74) is 4.82. The first-order chi connectivity index (χ1) is 15.6. The largest absolute Gasteiger partial charge is 0.325 e. The summed E-state index contributed by atoms with van der Waals surface area (Å²) in [6.07, 6.45) is 2.92. The predicted molar refractivity (Wildman–Crippen MR) is 121 cm³/mol. The van der Waals surface area contributed by atoms with Crippen LogP contribution in [0.1, 0.15) is 18.4 Å². The van der Waals surface area contributed by atoms with Crippen LogP contribution in [0, 0.1) is 5.82 Å². The fourth-order valence-electron chi connectivity index (χ4n) is 3.08. The first-order valence-corrected chi connectivity index (χ1v) is 10.9. The molecule has 1 saturated heterocycles. The molecule has 1 aliphatic heterocycles. The lowest BCUT2D eigenvalue weighted by Crippen LogP contribution is -2.23. The summed E-state index contributed by atoms with van der Waals surface area (Å²) in [6.45, 7) is 0.696. The summed E-state index contributed by atoms with van der Waals surface area (Å²) in [4.78, 5) is 30.1. The van der Waals surface area contributed by atoms with E-state index in [1.165, 1.54) is 30.1 Å². The van der Waals surface area contributed by atoms with Crippen LogP contribution in [0.25, 0.3) is 0 Å². The molecule has 9 nitrogen and oxygen atoms in total. The highest BCUT2D eigenvalue weighted by Gasteiger charge is 2.21. The number of anilines is 3. The second-order valence-electron chi connectivity index (χ2n) is 6.92. The number of aromatic nitrogens is 3. The summed E-state index contributed by atoms with van der Waals surface area (Å²) in [6, 6.07) is 13.1. The Hall–Kier alpha value is -3.73. The van der Waals surface area contributed by atoms with Crippen molar-refractivity contribution in [1.29, 1.82) is 0 Å². The molecule has 0 spiro atoms. The Labute approximate surface area is 187 Å². The summed E-state index contributed by atoms with van der Waals surface area (Å²) in [5.74, 6) is -0.00323. The van der Waals surface area contributed by atoms with Gasteiger partial charge in [-0.25, -0.2) is 14.9 Å². The fraction of sp³-hybridized carbons (Fsp3) is 0.190. The number of carbonyl (C=O) groups is 2. The first kappa shape index (κ1) is 21.5. The summed E-state index contributed by atoms with van der Waals surface area (Å²) >= 11 is 1.17. The second-order valence-corrected chi connectivity index (χ2v) is 7.87. The van der Waals surface area contributed by atoms with Gasteiger partial charge < -0.3 is 10.2 Å². The zero-order chi connectivity index (χ0) is 22.3. The molecule has 1 fully saturated rings. The van der Waals surface area contributed by atoms with Crippen LogP contribution >= 0.6 is 11.8 Å². The number of rotatable bonds is 8. The summed E-state index contributed by atoms with van der Waals surface area (Å²) in [5, 5.41) is 13.9. The lowest BCUT2D eigenvalue weighted by atomic mass is 10.2. The number of nitrogens with zero attached hydrogens (tertiary/aromatic N) is 4. The molecule has 0 radical (unpaired) electrons. The average molecular weight is 454 g/mol. The molecule has 0 saturated carbocycles. The maximum Gasteiger partial charge on any atom is 0.240 e. The Morgan fingerprint density at radius 2 is 2.12 bits per heavy atom. The number of amides is 2. The molecule has 3 N–H and O–H groups in total. The van der Waals surface area contributed by atoms with Crippen molar-refractivity contribution in [2.24, 2.45) is 5.10 Å². The van der Waals surface area contributed by atoms with Gasteiger partial charge >= 0.3 is 0 Å². The number of benzene rings is 2. The Morgan fingerprint density at radius 3 is 2.91 bits per heavy atom. The van der Waals surface area contributed by atoms with E-state index in [4.69, 9.17) is 0 Å². The van der Waals surface area contributed by atoms with Gasteiger partial charge in [0.15, 0.2) is 0 Å². The van der Waals surface area contributed by atoms with E-state index in [0.717, 1.165) is 17.7 Å². The van der Waals surface area contributed by atoms with Crippen molar-refractivity contribution >= 4 is 47.1 Å². The van der Waals surface area contributed by atoms with E-state index < -0.39 is 0 Å². The number of halogens is 1. The molecule has 0 atom stereocenters. The lowest BCUT2D eigenvalue weighted by Gasteiger charge is -2.16. The normalized spacial score (nSPS) is 13.7. The highest BCUT2D eigenvalue weighted by atomic mass is 32.2. The minimum atomic E-state index is -0.314. The molecule has 11 heteroatoms. The van der Waals surface area contributed by atoms with Gasteiger partial charge in [0.2, 0.25) is 22.9 Å². The van der Waals surface area contributed by atoms with Crippen molar-refractivity contribution in [2.45, 2.75) is 18.0 Å². The molecule has 1 aliphatic rings. The maximum atomic E-state index is 12.9.